The van der Waals surface area contributed by atoms with E-state index in [1.165, 1.54) is 25.7 Å². The molecule has 0 aromatic rings. The Morgan fingerprint density at radius 1 is 0.462 bits per heavy atom. The van der Waals surface area contributed by atoms with Crippen LogP contribution in [0, 0.1) is 6.42 Å². The molecular weight excluding hydrogens is 156 g/mol. The van der Waals surface area contributed by atoms with E-state index in [2.05, 4.69) is 42.9 Å². The second-order valence-electron chi connectivity index (χ2n) is 3.33. The topological polar surface area (TPSA) is 0 Å². The molecule has 0 unspecified atom stereocenters. The van der Waals surface area contributed by atoms with Gasteiger partial charge in [0, 0.05) is 0 Å². The Bertz CT molecular complexity index is 184. The quantitative estimate of drug-likeness (QED) is 0.484. The van der Waals surface area contributed by atoms with E-state index in [9.17, 15) is 0 Å². The first-order valence-electron chi connectivity index (χ1n) is 5.27. The third kappa shape index (κ3) is 6.39. The lowest BCUT2D eigenvalue weighted by atomic mass is 10.1. The van der Waals surface area contributed by atoms with Crippen LogP contribution in [0.3, 0.4) is 0 Å². The van der Waals surface area contributed by atoms with E-state index in [1.807, 2.05) is 0 Å². The molecule has 13 heavy (non-hydrogen) atoms. The van der Waals surface area contributed by atoms with Crippen LogP contribution in [0.15, 0.2) is 36.5 Å². The van der Waals surface area contributed by atoms with E-state index < -0.39 is 0 Å². The van der Waals surface area contributed by atoms with Gasteiger partial charge in [0.05, 0.1) is 0 Å². The summed E-state index contributed by atoms with van der Waals surface area (Å²) >= 11 is 0. The zero-order valence-corrected chi connectivity index (χ0v) is 8.28. The van der Waals surface area contributed by atoms with Crippen LogP contribution < -0.4 is 0 Å². The minimum Gasteiger partial charge on any atom is -0.0885 e. The standard InChI is InChI=1S/C13H19/c1-2-4-6-8-10-12-13-11-9-7-5-3-1/h1-2,5-7,12-13H,3-4,8-11H2. The number of hydrogen-bond acceptors (Lipinski definition) is 0. The molecule has 0 aromatic carbocycles. The van der Waals surface area contributed by atoms with Crippen LogP contribution in [0.2, 0.25) is 0 Å². The average Bonchev–Trinajstić information content (AvgIpc) is 2.18. The lowest BCUT2D eigenvalue weighted by Gasteiger charge is -1.91. The fraction of sp³-hybridized carbons (Fsp3) is 0.462. The van der Waals surface area contributed by atoms with Crippen LogP contribution in [0.1, 0.15) is 38.5 Å². The first kappa shape index (κ1) is 10.3. The van der Waals surface area contributed by atoms with Crippen molar-refractivity contribution in [1.82, 2.24) is 0 Å². The van der Waals surface area contributed by atoms with E-state index in [-0.39, 0.29) is 0 Å². The van der Waals surface area contributed by atoms with Gasteiger partial charge in [-0.15, -0.1) is 0 Å². The Labute approximate surface area is 82.0 Å². The maximum absolute atomic E-state index is 2.35. The van der Waals surface area contributed by atoms with Crippen molar-refractivity contribution in [3.8, 4) is 0 Å². The normalized spacial score (nSPS) is 20.3. The first-order valence-corrected chi connectivity index (χ1v) is 5.27. The van der Waals surface area contributed by atoms with Gasteiger partial charge in [-0.05, 0) is 44.9 Å². The van der Waals surface area contributed by atoms with Gasteiger partial charge in [0.2, 0.25) is 0 Å². The number of allylic oxidation sites excluding steroid dienone is 6. The average molecular weight is 175 g/mol. The molecule has 0 heterocycles. The van der Waals surface area contributed by atoms with Gasteiger partial charge in [0.1, 0.15) is 0 Å². The summed E-state index contributed by atoms with van der Waals surface area (Å²) in [6, 6.07) is 0. The van der Waals surface area contributed by atoms with Crippen molar-refractivity contribution in [2.45, 2.75) is 38.5 Å². The zero-order valence-electron chi connectivity index (χ0n) is 8.28. The van der Waals surface area contributed by atoms with E-state index in [4.69, 9.17) is 0 Å². The summed E-state index contributed by atoms with van der Waals surface area (Å²) in [7, 11) is 0. The highest BCUT2D eigenvalue weighted by Crippen LogP contribution is 2.04. The van der Waals surface area contributed by atoms with Crippen molar-refractivity contribution in [2.75, 3.05) is 0 Å². The lowest BCUT2D eigenvalue weighted by Crippen LogP contribution is -1.73. The molecule has 0 fully saturated rings. The SMILES string of the molecule is [CH]1CC=CCC=CCCC=CCC1. The van der Waals surface area contributed by atoms with Crippen molar-refractivity contribution in [3.05, 3.63) is 42.9 Å². The van der Waals surface area contributed by atoms with E-state index in [0.717, 1.165) is 12.8 Å². The maximum Gasteiger partial charge on any atom is -0.0169 e. The maximum atomic E-state index is 2.35. The molecule has 1 rings (SSSR count). The van der Waals surface area contributed by atoms with Crippen LogP contribution in [-0.2, 0) is 0 Å². The van der Waals surface area contributed by atoms with Crippen molar-refractivity contribution < 1.29 is 0 Å². The summed E-state index contributed by atoms with van der Waals surface area (Å²) in [5.41, 5.74) is 0. The van der Waals surface area contributed by atoms with Crippen LogP contribution >= 0.6 is 0 Å². The molecule has 0 N–H and O–H groups in total. The van der Waals surface area contributed by atoms with E-state index in [1.54, 1.807) is 0 Å². The molecule has 1 aliphatic carbocycles. The van der Waals surface area contributed by atoms with Crippen molar-refractivity contribution >= 4 is 0 Å². The molecule has 0 aliphatic heterocycles. The Morgan fingerprint density at radius 3 is 1.85 bits per heavy atom. The van der Waals surface area contributed by atoms with Crippen molar-refractivity contribution in [1.29, 1.82) is 0 Å². The minimum atomic E-state index is 1.09. The highest BCUT2D eigenvalue weighted by atomic mass is 13.9. The molecule has 1 radical (unpaired) electrons. The van der Waals surface area contributed by atoms with Gasteiger partial charge in [-0.3, -0.25) is 0 Å². The second-order valence-corrected chi connectivity index (χ2v) is 3.33. The van der Waals surface area contributed by atoms with Crippen molar-refractivity contribution in [2.24, 2.45) is 0 Å². The molecule has 0 nitrogen and oxygen atoms in total. The molecule has 1 aliphatic rings. The van der Waals surface area contributed by atoms with E-state index in [0.29, 0.717) is 0 Å². The van der Waals surface area contributed by atoms with E-state index >= 15 is 0 Å². The fourth-order valence-electron chi connectivity index (χ4n) is 1.34. The van der Waals surface area contributed by atoms with Crippen molar-refractivity contribution in [3.63, 3.8) is 0 Å². The summed E-state index contributed by atoms with van der Waals surface area (Å²) in [6.07, 6.45) is 23.0. The van der Waals surface area contributed by atoms with Crippen LogP contribution in [-0.4, -0.2) is 0 Å². The Kier molecular flexibility index (Phi) is 6.22. The number of hydrogen-bond donors (Lipinski definition) is 0. The predicted molar refractivity (Wildman–Crippen MR) is 59.4 cm³/mol. The first-order chi connectivity index (χ1) is 6.50. The third-order valence-corrected chi connectivity index (χ3v) is 2.11. The molecule has 0 spiro atoms. The zero-order chi connectivity index (χ0) is 9.19. The summed E-state index contributed by atoms with van der Waals surface area (Å²) in [6.45, 7) is 0. The summed E-state index contributed by atoms with van der Waals surface area (Å²) < 4.78 is 0. The highest BCUT2D eigenvalue weighted by molar-refractivity contribution is 4.97. The predicted octanol–water partition coefficient (Wildman–Crippen LogP) is 4.21. The van der Waals surface area contributed by atoms with Gasteiger partial charge in [-0.25, -0.2) is 0 Å². The molecular formula is C13H19. The summed E-state index contributed by atoms with van der Waals surface area (Å²) in [5, 5.41) is 0. The van der Waals surface area contributed by atoms with Gasteiger partial charge in [0.25, 0.3) is 0 Å². The fourth-order valence-corrected chi connectivity index (χ4v) is 1.34. The Hall–Kier alpha value is -0.780. The second kappa shape index (κ2) is 7.85. The molecule has 0 saturated heterocycles. The molecule has 0 aromatic heterocycles. The smallest absolute Gasteiger partial charge is 0.0169 e. The minimum absolute atomic E-state index is 1.09. The summed E-state index contributed by atoms with van der Waals surface area (Å²) in [5.74, 6) is 0. The van der Waals surface area contributed by atoms with Gasteiger partial charge in [-0.1, -0.05) is 36.5 Å². The molecule has 0 bridgehead atoms. The molecule has 0 saturated carbocycles. The Balaban J connectivity index is 2.28. The number of rotatable bonds is 0. The van der Waals surface area contributed by atoms with Crippen LogP contribution in [0.4, 0.5) is 0 Å². The van der Waals surface area contributed by atoms with Gasteiger partial charge < -0.3 is 0 Å². The molecule has 0 amide bonds. The molecule has 0 heteroatoms. The van der Waals surface area contributed by atoms with Crippen LogP contribution in [0.5, 0.6) is 0 Å². The van der Waals surface area contributed by atoms with Gasteiger partial charge in [0.15, 0.2) is 0 Å². The summed E-state index contributed by atoms with van der Waals surface area (Å²) in [4.78, 5) is 0. The van der Waals surface area contributed by atoms with Crippen LogP contribution in [0.25, 0.3) is 0 Å². The Morgan fingerprint density at radius 2 is 1.00 bits per heavy atom. The molecule has 0 atom stereocenters. The largest absolute Gasteiger partial charge is 0.0885 e. The van der Waals surface area contributed by atoms with Gasteiger partial charge in [-0.2, -0.15) is 0 Å². The third-order valence-electron chi connectivity index (χ3n) is 2.11. The highest BCUT2D eigenvalue weighted by Gasteiger charge is 1.85. The monoisotopic (exact) mass is 175 g/mol. The lowest BCUT2D eigenvalue weighted by molar-refractivity contribution is 0.924. The molecule has 71 valence electrons. The van der Waals surface area contributed by atoms with Gasteiger partial charge >= 0.3 is 0 Å².